The summed E-state index contributed by atoms with van der Waals surface area (Å²) in [6.07, 6.45) is 0. The van der Waals surface area contributed by atoms with Crippen LogP contribution in [-0.2, 0) is 16.6 Å². The Bertz CT molecular complexity index is 944. The number of thiophene rings is 1. The van der Waals surface area contributed by atoms with E-state index in [2.05, 4.69) is 5.16 Å². The fourth-order valence-corrected chi connectivity index (χ4v) is 5.50. The van der Waals surface area contributed by atoms with Gasteiger partial charge in [-0.25, -0.2) is 8.42 Å². The Morgan fingerprint density at radius 1 is 1.16 bits per heavy atom. The van der Waals surface area contributed by atoms with E-state index >= 15 is 0 Å². The topological polar surface area (TPSA) is 63.4 Å². The zero-order chi connectivity index (χ0) is 18.0. The summed E-state index contributed by atoms with van der Waals surface area (Å²) in [5, 5.41) is 3.86. The maximum absolute atomic E-state index is 13.1. The molecule has 0 aliphatic heterocycles. The third kappa shape index (κ3) is 3.84. The van der Waals surface area contributed by atoms with Crippen molar-refractivity contribution in [1.82, 2.24) is 9.46 Å². The molecule has 0 fully saturated rings. The fraction of sp³-hybridized carbons (Fsp3) is 0.278. The van der Waals surface area contributed by atoms with Crippen LogP contribution in [0.3, 0.4) is 0 Å². The van der Waals surface area contributed by atoms with Crippen LogP contribution in [0.1, 0.15) is 25.1 Å². The number of aryl methyl sites for hydroxylation is 1. The van der Waals surface area contributed by atoms with Crippen LogP contribution in [0.5, 0.6) is 0 Å². The highest BCUT2D eigenvalue weighted by Gasteiger charge is 2.29. The molecule has 2 aromatic heterocycles. The van der Waals surface area contributed by atoms with E-state index in [1.165, 1.54) is 15.6 Å². The Balaban J connectivity index is 1.92. The summed E-state index contributed by atoms with van der Waals surface area (Å²) in [7, 11) is -3.59. The highest BCUT2D eigenvalue weighted by molar-refractivity contribution is 7.91. The Hall–Kier alpha value is -1.96. The van der Waals surface area contributed by atoms with Crippen molar-refractivity contribution in [2.75, 3.05) is 0 Å². The summed E-state index contributed by atoms with van der Waals surface area (Å²) >= 11 is 1.20. The maximum Gasteiger partial charge on any atom is 0.253 e. The molecular formula is C18H20N2O3S2. The molecule has 0 aliphatic rings. The van der Waals surface area contributed by atoms with Gasteiger partial charge in [0.15, 0.2) is 5.76 Å². The number of nitrogens with zero attached hydrogens (tertiary/aromatic N) is 2. The first kappa shape index (κ1) is 17.8. The fourth-order valence-electron chi connectivity index (χ4n) is 2.49. The van der Waals surface area contributed by atoms with Crippen LogP contribution in [0.4, 0.5) is 0 Å². The van der Waals surface area contributed by atoms with E-state index in [9.17, 15) is 8.42 Å². The van der Waals surface area contributed by atoms with Gasteiger partial charge in [-0.1, -0.05) is 35.5 Å². The van der Waals surface area contributed by atoms with Crippen LogP contribution < -0.4 is 0 Å². The Labute approximate surface area is 151 Å². The van der Waals surface area contributed by atoms with Gasteiger partial charge in [-0.2, -0.15) is 4.31 Å². The lowest BCUT2D eigenvalue weighted by molar-refractivity contribution is 0.349. The lowest BCUT2D eigenvalue weighted by Crippen LogP contribution is -2.35. The first-order valence-electron chi connectivity index (χ1n) is 7.97. The molecule has 132 valence electrons. The summed E-state index contributed by atoms with van der Waals surface area (Å²) in [4.78, 5) is 0.752. The summed E-state index contributed by atoms with van der Waals surface area (Å²) < 4.78 is 33.3. The van der Waals surface area contributed by atoms with Gasteiger partial charge in [-0.15, -0.1) is 11.3 Å². The van der Waals surface area contributed by atoms with Gasteiger partial charge in [0.25, 0.3) is 10.0 Å². The van der Waals surface area contributed by atoms with Crippen molar-refractivity contribution in [3.05, 3.63) is 59.8 Å². The predicted molar refractivity (Wildman–Crippen MR) is 98.9 cm³/mol. The van der Waals surface area contributed by atoms with Crippen molar-refractivity contribution < 1.29 is 12.9 Å². The molecular weight excluding hydrogens is 356 g/mol. The number of aromatic nitrogens is 1. The lowest BCUT2D eigenvalue weighted by Gasteiger charge is -2.25. The lowest BCUT2D eigenvalue weighted by atomic mass is 10.2. The van der Waals surface area contributed by atoms with Crippen LogP contribution in [0, 0.1) is 6.92 Å². The van der Waals surface area contributed by atoms with E-state index in [1.807, 2.05) is 51.1 Å². The summed E-state index contributed by atoms with van der Waals surface area (Å²) in [5.41, 5.74) is 1.73. The van der Waals surface area contributed by atoms with Crippen molar-refractivity contribution in [2.45, 2.75) is 37.6 Å². The number of hydrogen-bond acceptors (Lipinski definition) is 5. The minimum Gasteiger partial charge on any atom is -0.355 e. The van der Waals surface area contributed by atoms with Gasteiger partial charge in [0.1, 0.15) is 4.21 Å². The molecule has 5 nitrogen and oxygen atoms in total. The second-order valence-electron chi connectivity index (χ2n) is 6.08. The summed E-state index contributed by atoms with van der Waals surface area (Å²) in [5.74, 6) is 0.586. The van der Waals surface area contributed by atoms with Crippen molar-refractivity contribution in [3.8, 4) is 10.6 Å². The van der Waals surface area contributed by atoms with Gasteiger partial charge in [-0.3, -0.25) is 0 Å². The number of rotatable bonds is 6. The molecule has 2 heterocycles. The van der Waals surface area contributed by atoms with Crippen LogP contribution in [-0.4, -0.2) is 23.9 Å². The van der Waals surface area contributed by atoms with E-state index in [0.717, 1.165) is 16.1 Å². The average molecular weight is 377 g/mol. The van der Waals surface area contributed by atoms with Crippen molar-refractivity contribution in [2.24, 2.45) is 0 Å². The number of sulfonamides is 1. The highest BCUT2D eigenvalue weighted by Crippen LogP contribution is 2.33. The summed E-state index contributed by atoms with van der Waals surface area (Å²) in [6.45, 7) is 5.94. The van der Waals surface area contributed by atoms with E-state index < -0.39 is 10.0 Å². The quantitative estimate of drug-likeness (QED) is 0.643. The SMILES string of the molecule is Cc1cc(-c2ccc(S(=O)(=O)N(Cc3ccccc3)C(C)C)s2)on1. The molecule has 1 aromatic carbocycles. The van der Waals surface area contributed by atoms with E-state index in [-0.39, 0.29) is 6.04 Å². The maximum atomic E-state index is 13.1. The van der Waals surface area contributed by atoms with Crippen LogP contribution >= 0.6 is 11.3 Å². The monoisotopic (exact) mass is 376 g/mol. The van der Waals surface area contributed by atoms with Gasteiger partial charge in [0.2, 0.25) is 0 Å². The first-order chi connectivity index (χ1) is 11.9. The van der Waals surface area contributed by atoms with Crippen molar-refractivity contribution in [3.63, 3.8) is 0 Å². The van der Waals surface area contributed by atoms with Crippen molar-refractivity contribution in [1.29, 1.82) is 0 Å². The normalized spacial score (nSPS) is 12.2. The molecule has 0 saturated heterocycles. The van der Waals surface area contributed by atoms with E-state index in [0.29, 0.717) is 16.5 Å². The molecule has 3 aromatic rings. The van der Waals surface area contributed by atoms with Gasteiger partial charge >= 0.3 is 0 Å². The van der Waals surface area contributed by atoms with Crippen LogP contribution in [0.25, 0.3) is 10.6 Å². The van der Waals surface area contributed by atoms with Crippen LogP contribution in [0.2, 0.25) is 0 Å². The molecule has 3 rings (SSSR count). The van der Waals surface area contributed by atoms with Gasteiger partial charge in [0, 0.05) is 18.7 Å². The molecule has 0 radical (unpaired) electrons. The molecule has 0 saturated carbocycles. The Morgan fingerprint density at radius 2 is 1.88 bits per heavy atom. The van der Waals surface area contributed by atoms with Crippen LogP contribution in [0.15, 0.2) is 57.3 Å². The molecule has 0 bridgehead atoms. The average Bonchev–Trinajstić information content (AvgIpc) is 3.22. The van der Waals surface area contributed by atoms with Gasteiger partial charge in [0.05, 0.1) is 10.6 Å². The third-order valence-electron chi connectivity index (χ3n) is 3.77. The summed E-state index contributed by atoms with van der Waals surface area (Å²) in [6, 6.07) is 14.7. The van der Waals surface area contributed by atoms with E-state index in [4.69, 9.17) is 4.52 Å². The smallest absolute Gasteiger partial charge is 0.253 e. The second kappa shape index (κ2) is 7.11. The molecule has 0 unspecified atom stereocenters. The molecule has 0 N–H and O–H groups in total. The minimum atomic E-state index is -3.59. The molecule has 7 heteroatoms. The second-order valence-corrected chi connectivity index (χ2v) is 9.28. The van der Waals surface area contributed by atoms with Crippen molar-refractivity contribution >= 4 is 21.4 Å². The molecule has 0 spiro atoms. The largest absolute Gasteiger partial charge is 0.355 e. The molecule has 0 atom stereocenters. The van der Waals surface area contributed by atoms with Gasteiger partial charge < -0.3 is 4.52 Å². The predicted octanol–water partition coefficient (Wildman–Crippen LogP) is 4.31. The number of benzene rings is 1. The zero-order valence-electron chi connectivity index (χ0n) is 14.3. The standard InChI is InChI=1S/C18H20N2O3S2/c1-13(2)20(12-15-7-5-4-6-8-15)25(21,22)18-10-9-17(24-18)16-11-14(3)19-23-16/h4-11,13H,12H2,1-3H3. The molecule has 0 amide bonds. The Morgan fingerprint density at radius 3 is 2.48 bits per heavy atom. The third-order valence-corrected chi connectivity index (χ3v) is 7.36. The first-order valence-corrected chi connectivity index (χ1v) is 10.2. The zero-order valence-corrected chi connectivity index (χ0v) is 16.0. The Kier molecular flexibility index (Phi) is 5.08. The molecule has 25 heavy (non-hydrogen) atoms. The van der Waals surface area contributed by atoms with Gasteiger partial charge in [-0.05, 0) is 38.5 Å². The minimum absolute atomic E-state index is 0.150. The molecule has 0 aliphatic carbocycles. The highest BCUT2D eigenvalue weighted by atomic mass is 32.2. The number of hydrogen-bond donors (Lipinski definition) is 0. The van der Waals surface area contributed by atoms with E-state index in [1.54, 1.807) is 18.2 Å².